The summed E-state index contributed by atoms with van der Waals surface area (Å²) in [6.45, 7) is 1.85. The normalized spacial score (nSPS) is 10.5. The molecule has 2 aromatic heterocycles. The van der Waals surface area contributed by atoms with Crippen LogP contribution >= 0.6 is 15.9 Å². The maximum atomic E-state index is 4.30. The van der Waals surface area contributed by atoms with Crippen LogP contribution in [-0.4, -0.2) is 25.0 Å². The van der Waals surface area contributed by atoms with E-state index < -0.39 is 0 Å². The van der Waals surface area contributed by atoms with Gasteiger partial charge in [-0.05, 0) is 28.9 Å². The highest BCUT2D eigenvalue weighted by atomic mass is 79.9. The van der Waals surface area contributed by atoms with Crippen molar-refractivity contribution in [1.29, 1.82) is 0 Å². The molecule has 0 aromatic carbocycles. The summed E-state index contributed by atoms with van der Waals surface area (Å²) in [5.74, 6) is 0.718. The maximum Gasteiger partial charge on any atom is 0.127 e. The second-order valence-electron chi connectivity index (χ2n) is 2.87. The van der Waals surface area contributed by atoms with Gasteiger partial charge < -0.3 is 0 Å². The summed E-state index contributed by atoms with van der Waals surface area (Å²) in [6, 6.07) is 1.84. The Labute approximate surface area is 89.3 Å². The molecule has 0 saturated carbocycles. The first-order chi connectivity index (χ1) is 6.66. The molecule has 0 N–H and O–H groups in total. The first-order valence-electron chi connectivity index (χ1n) is 4.03. The van der Waals surface area contributed by atoms with E-state index in [1.165, 1.54) is 0 Å². The van der Waals surface area contributed by atoms with E-state index in [0.717, 1.165) is 21.8 Å². The predicted molar refractivity (Wildman–Crippen MR) is 54.5 cm³/mol. The zero-order valence-electron chi connectivity index (χ0n) is 7.77. The molecule has 0 saturated heterocycles. The lowest BCUT2D eigenvalue weighted by molar-refractivity contribution is 0.718. The van der Waals surface area contributed by atoms with Crippen molar-refractivity contribution in [3.63, 3.8) is 0 Å². The van der Waals surface area contributed by atoms with Gasteiger partial charge in [0.2, 0.25) is 0 Å². The number of rotatable bonds is 1. The highest BCUT2D eigenvalue weighted by Gasteiger charge is 2.06. The quantitative estimate of drug-likeness (QED) is 0.720. The second kappa shape index (κ2) is 3.45. The van der Waals surface area contributed by atoms with Gasteiger partial charge in [0.1, 0.15) is 16.1 Å². The van der Waals surface area contributed by atoms with Crippen LogP contribution in [0, 0.1) is 6.92 Å². The molecule has 2 aromatic rings. The number of aromatic nitrogens is 5. The minimum Gasteiger partial charge on any atom is -0.246 e. The topological polar surface area (TPSA) is 56.5 Å². The monoisotopic (exact) mass is 253 g/mol. The fourth-order valence-corrected chi connectivity index (χ4v) is 1.66. The fraction of sp³-hybridized carbons (Fsp3) is 0.250. The number of nitrogens with zero attached hydrogens (tertiary/aromatic N) is 5. The van der Waals surface area contributed by atoms with Gasteiger partial charge in [0.25, 0.3) is 0 Å². The van der Waals surface area contributed by atoms with Crippen LogP contribution in [0.15, 0.2) is 16.9 Å². The van der Waals surface area contributed by atoms with Gasteiger partial charge >= 0.3 is 0 Å². The van der Waals surface area contributed by atoms with E-state index in [1.54, 1.807) is 10.9 Å². The van der Waals surface area contributed by atoms with Crippen molar-refractivity contribution in [2.75, 3.05) is 0 Å². The van der Waals surface area contributed by atoms with E-state index in [0.29, 0.717) is 0 Å². The third kappa shape index (κ3) is 1.65. The van der Waals surface area contributed by atoms with Crippen molar-refractivity contribution in [3.05, 3.63) is 22.7 Å². The average Bonchev–Trinajstić information content (AvgIpc) is 2.49. The summed E-state index contributed by atoms with van der Waals surface area (Å²) in [5.41, 5.74) is 1.69. The largest absolute Gasteiger partial charge is 0.246 e. The van der Waals surface area contributed by atoms with E-state index in [2.05, 4.69) is 36.2 Å². The van der Waals surface area contributed by atoms with Gasteiger partial charge in [0.05, 0.1) is 11.9 Å². The van der Waals surface area contributed by atoms with Crippen molar-refractivity contribution in [3.8, 4) is 11.4 Å². The Morgan fingerprint density at radius 3 is 2.71 bits per heavy atom. The summed E-state index contributed by atoms with van der Waals surface area (Å²) >= 11 is 3.32. The number of hydrogen-bond donors (Lipinski definition) is 0. The Bertz CT molecular complexity index is 444. The molecule has 0 unspecified atom stereocenters. The van der Waals surface area contributed by atoms with Crippen molar-refractivity contribution in [2.45, 2.75) is 6.92 Å². The number of halogens is 1. The SMILES string of the molecule is Cc1nc(Br)cc(-c2cnnn2C)n1. The van der Waals surface area contributed by atoms with Crippen molar-refractivity contribution >= 4 is 15.9 Å². The molecule has 2 rings (SSSR count). The molecule has 0 spiro atoms. The zero-order valence-corrected chi connectivity index (χ0v) is 9.35. The van der Waals surface area contributed by atoms with Crippen LogP contribution < -0.4 is 0 Å². The molecule has 2 heterocycles. The van der Waals surface area contributed by atoms with Gasteiger partial charge in [-0.1, -0.05) is 5.21 Å². The average molecular weight is 254 g/mol. The summed E-state index contributed by atoms with van der Waals surface area (Å²) in [7, 11) is 1.83. The Balaban J connectivity index is 2.57. The third-order valence-electron chi connectivity index (χ3n) is 1.78. The molecule has 14 heavy (non-hydrogen) atoms. The molecule has 0 atom stereocenters. The molecule has 0 fully saturated rings. The van der Waals surface area contributed by atoms with Crippen LogP contribution in [0.25, 0.3) is 11.4 Å². The van der Waals surface area contributed by atoms with Crippen LogP contribution in [0.1, 0.15) is 5.82 Å². The number of aryl methyl sites for hydroxylation is 2. The Morgan fingerprint density at radius 2 is 2.14 bits per heavy atom. The molecule has 5 nitrogen and oxygen atoms in total. The minimum atomic E-state index is 0.718. The van der Waals surface area contributed by atoms with Gasteiger partial charge in [0, 0.05) is 7.05 Å². The molecule has 0 bridgehead atoms. The molecular weight excluding hydrogens is 246 g/mol. The van der Waals surface area contributed by atoms with Gasteiger partial charge in [0.15, 0.2) is 0 Å². The molecule has 6 heteroatoms. The lowest BCUT2D eigenvalue weighted by Crippen LogP contribution is -1.98. The van der Waals surface area contributed by atoms with E-state index >= 15 is 0 Å². The smallest absolute Gasteiger partial charge is 0.127 e. The maximum absolute atomic E-state index is 4.30. The van der Waals surface area contributed by atoms with E-state index in [4.69, 9.17) is 0 Å². The van der Waals surface area contributed by atoms with Crippen LogP contribution in [0.3, 0.4) is 0 Å². The number of hydrogen-bond acceptors (Lipinski definition) is 4. The third-order valence-corrected chi connectivity index (χ3v) is 2.19. The fourth-order valence-electron chi connectivity index (χ4n) is 1.18. The van der Waals surface area contributed by atoms with E-state index in [-0.39, 0.29) is 0 Å². The van der Waals surface area contributed by atoms with Crippen molar-refractivity contribution < 1.29 is 0 Å². The lowest BCUT2D eigenvalue weighted by atomic mass is 10.3. The first kappa shape index (κ1) is 9.26. The molecular formula is C8H8BrN5. The lowest BCUT2D eigenvalue weighted by Gasteiger charge is -2.01. The summed E-state index contributed by atoms with van der Waals surface area (Å²) in [4.78, 5) is 8.42. The summed E-state index contributed by atoms with van der Waals surface area (Å²) < 4.78 is 2.44. The molecule has 0 aliphatic carbocycles. The zero-order chi connectivity index (χ0) is 10.1. The molecule has 72 valence electrons. The van der Waals surface area contributed by atoms with Crippen LogP contribution in [0.4, 0.5) is 0 Å². The Kier molecular flexibility index (Phi) is 2.28. The van der Waals surface area contributed by atoms with E-state index in [1.807, 2.05) is 20.0 Å². The standard InChI is InChI=1S/C8H8BrN5/c1-5-11-6(3-8(9)12-5)7-4-10-13-14(7)2/h3-4H,1-2H3. The van der Waals surface area contributed by atoms with Crippen molar-refractivity contribution in [2.24, 2.45) is 7.05 Å². The van der Waals surface area contributed by atoms with Gasteiger partial charge in [-0.15, -0.1) is 5.10 Å². The van der Waals surface area contributed by atoms with Gasteiger partial charge in [-0.25, -0.2) is 14.6 Å². The first-order valence-corrected chi connectivity index (χ1v) is 4.82. The van der Waals surface area contributed by atoms with Gasteiger partial charge in [-0.2, -0.15) is 0 Å². The van der Waals surface area contributed by atoms with Crippen LogP contribution in [0.2, 0.25) is 0 Å². The van der Waals surface area contributed by atoms with Crippen LogP contribution in [0.5, 0.6) is 0 Å². The highest BCUT2D eigenvalue weighted by Crippen LogP contribution is 2.17. The molecule has 0 aliphatic heterocycles. The Hall–Kier alpha value is -1.30. The second-order valence-corrected chi connectivity index (χ2v) is 3.68. The summed E-state index contributed by atoms with van der Waals surface area (Å²) in [5, 5.41) is 7.64. The van der Waals surface area contributed by atoms with Gasteiger partial charge in [-0.3, -0.25) is 0 Å². The Morgan fingerprint density at radius 1 is 1.36 bits per heavy atom. The van der Waals surface area contributed by atoms with E-state index in [9.17, 15) is 0 Å². The minimum absolute atomic E-state index is 0.718. The molecule has 0 amide bonds. The molecule has 0 aliphatic rings. The molecule has 0 radical (unpaired) electrons. The summed E-state index contributed by atoms with van der Waals surface area (Å²) in [6.07, 6.45) is 1.67. The highest BCUT2D eigenvalue weighted by molar-refractivity contribution is 9.10. The van der Waals surface area contributed by atoms with Crippen LogP contribution in [-0.2, 0) is 7.05 Å². The predicted octanol–water partition coefficient (Wildman–Crippen LogP) is 1.34. The van der Waals surface area contributed by atoms with Crippen molar-refractivity contribution in [1.82, 2.24) is 25.0 Å².